The number of urea groups is 1. The molecule has 104 valence electrons. The highest BCUT2D eigenvalue weighted by Gasteiger charge is 2.32. The van der Waals surface area contributed by atoms with Gasteiger partial charge in [0.05, 0.1) is 0 Å². The number of carbonyl (C=O) groups is 2. The monoisotopic (exact) mass is 255 g/mol. The van der Waals surface area contributed by atoms with Crippen molar-refractivity contribution in [2.45, 2.75) is 45.6 Å². The summed E-state index contributed by atoms with van der Waals surface area (Å²) in [5.74, 6) is -0.0698. The van der Waals surface area contributed by atoms with Crippen molar-refractivity contribution in [3.8, 4) is 0 Å². The van der Waals surface area contributed by atoms with Gasteiger partial charge in [-0.05, 0) is 32.7 Å². The highest BCUT2D eigenvalue weighted by Crippen LogP contribution is 2.10. The van der Waals surface area contributed by atoms with Gasteiger partial charge in [-0.15, -0.1) is 0 Å². The van der Waals surface area contributed by atoms with Crippen LogP contribution in [0.15, 0.2) is 0 Å². The molecular formula is C13H25N3O2. The molecule has 1 fully saturated rings. The van der Waals surface area contributed by atoms with E-state index >= 15 is 0 Å². The van der Waals surface area contributed by atoms with Crippen LogP contribution < -0.4 is 5.32 Å². The molecule has 5 nitrogen and oxygen atoms in total. The minimum atomic E-state index is -0.155. The summed E-state index contributed by atoms with van der Waals surface area (Å²) in [4.78, 5) is 26.0. The van der Waals surface area contributed by atoms with E-state index < -0.39 is 0 Å². The molecule has 3 amide bonds. The number of hydrogen-bond acceptors (Lipinski definition) is 3. The molecule has 1 heterocycles. The lowest BCUT2D eigenvalue weighted by Gasteiger charge is -2.15. The Morgan fingerprint density at radius 3 is 2.61 bits per heavy atom. The molecule has 1 atom stereocenters. The number of imide groups is 1. The van der Waals surface area contributed by atoms with Crippen molar-refractivity contribution in [3.63, 3.8) is 0 Å². The molecule has 0 saturated carbocycles. The van der Waals surface area contributed by atoms with Crippen LogP contribution in [-0.2, 0) is 4.79 Å². The molecule has 18 heavy (non-hydrogen) atoms. The Kier molecular flexibility index (Phi) is 6.12. The van der Waals surface area contributed by atoms with E-state index in [9.17, 15) is 9.59 Å². The second-order valence-electron chi connectivity index (χ2n) is 5.03. The third-order valence-electron chi connectivity index (χ3n) is 3.24. The summed E-state index contributed by atoms with van der Waals surface area (Å²) in [6, 6.07) is 0.356. The molecule has 0 aromatic carbocycles. The zero-order valence-electron chi connectivity index (χ0n) is 11.7. The number of carbonyl (C=O) groups excluding carboxylic acids is 2. The Bertz CT molecular complexity index is 294. The Morgan fingerprint density at radius 1 is 1.33 bits per heavy atom. The van der Waals surface area contributed by atoms with Crippen LogP contribution in [0.25, 0.3) is 0 Å². The Labute approximate surface area is 110 Å². The van der Waals surface area contributed by atoms with E-state index in [4.69, 9.17) is 0 Å². The third-order valence-corrected chi connectivity index (χ3v) is 3.24. The van der Waals surface area contributed by atoms with Crippen LogP contribution in [0.2, 0.25) is 0 Å². The summed E-state index contributed by atoms with van der Waals surface area (Å²) in [5.41, 5.74) is 0. The number of hydrogen-bond donors (Lipinski definition) is 1. The normalized spacial score (nSPS) is 17.7. The zero-order valence-corrected chi connectivity index (χ0v) is 11.7. The topological polar surface area (TPSA) is 52.7 Å². The Balaban J connectivity index is 2.14. The van der Waals surface area contributed by atoms with Crippen LogP contribution in [0.5, 0.6) is 0 Å². The lowest BCUT2D eigenvalue weighted by atomic mass is 10.1. The van der Waals surface area contributed by atoms with Crippen molar-refractivity contribution in [2.24, 2.45) is 0 Å². The molecule has 0 spiro atoms. The molecule has 0 aromatic heterocycles. The van der Waals surface area contributed by atoms with Gasteiger partial charge >= 0.3 is 6.03 Å². The second-order valence-corrected chi connectivity index (χ2v) is 5.03. The third kappa shape index (κ3) is 4.29. The number of unbranched alkanes of at least 4 members (excludes halogenated alkanes) is 1. The average molecular weight is 255 g/mol. The van der Waals surface area contributed by atoms with Gasteiger partial charge in [0.25, 0.3) is 0 Å². The quantitative estimate of drug-likeness (QED) is 0.527. The van der Waals surface area contributed by atoms with E-state index in [0.29, 0.717) is 12.6 Å². The maximum absolute atomic E-state index is 11.6. The number of amides is 3. The zero-order chi connectivity index (χ0) is 13.5. The van der Waals surface area contributed by atoms with Crippen LogP contribution in [0.3, 0.4) is 0 Å². The van der Waals surface area contributed by atoms with E-state index in [0.717, 1.165) is 32.2 Å². The Morgan fingerprint density at radius 2 is 2.06 bits per heavy atom. The molecule has 1 aliphatic rings. The first-order chi connectivity index (χ1) is 8.56. The lowest BCUT2D eigenvalue weighted by molar-refractivity contribution is -0.125. The van der Waals surface area contributed by atoms with Gasteiger partial charge in [-0.1, -0.05) is 13.3 Å². The van der Waals surface area contributed by atoms with Crippen molar-refractivity contribution < 1.29 is 9.59 Å². The summed E-state index contributed by atoms with van der Waals surface area (Å²) in [7, 11) is 1.66. The minimum Gasteiger partial charge on any atom is -0.318 e. The average Bonchev–Trinajstić information content (AvgIpc) is 2.57. The van der Waals surface area contributed by atoms with E-state index in [1.165, 1.54) is 9.80 Å². The van der Waals surface area contributed by atoms with Crippen molar-refractivity contribution in [3.05, 3.63) is 0 Å². The van der Waals surface area contributed by atoms with Crippen LogP contribution >= 0.6 is 0 Å². The van der Waals surface area contributed by atoms with E-state index in [-0.39, 0.29) is 18.5 Å². The van der Waals surface area contributed by atoms with Gasteiger partial charge in [-0.2, -0.15) is 0 Å². The summed E-state index contributed by atoms with van der Waals surface area (Å²) in [6.07, 6.45) is 4.17. The number of likely N-dealkylation sites (N-methyl/N-ethyl adjacent to an activating group) is 1. The predicted octanol–water partition coefficient (Wildman–Crippen LogP) is 1.44. The maximum atomic E-state index is 11.6. The van der Waals surface area contributed by atoms with E-state index in [2.05, 4.69) is 19.2 Å². The van der Waals surface area contributed by atoms with Crippen molar-refractivity contribution in [1.29, 1.82) is 0 Å². The first-order valence-corrected chi connectivity index (χ1v) is 6.85. The second kappa shape index (κ2) is 7.36. The van der Waals surface area contributed by atoms with Crippen LogP contribution in [0.1, 0.15) is 39.5 Å². The largest absolute Gasteiger partial charge is 0.326 e. The fourth-order valence-corrected chi connectivity index (χ4v) is 2.10. The van der Waals surface area contributed by atoms with Gasteiger partial charge in [0.2, 0.25) is 5.91 Å². The number of rotatable bonds is 8. The SMILES string of the molecule is CCCNC(C)CCCCN1C(=O)CN(C)C1=O. The first kappa shape index (κ1) is 15.0. The fourth-order valence-electron chi connectivity index (χ4n) is 2.10. The van der Waals surface area contributed by atoms with Gasteiger partial charge in [0.1, 0.15) is 6.54 Å². The van der Waals surface area contributed by atoms with Crippen molar-refractivity contribution in [2.75, 3.05) is 26.7 Å². The molecule has 1 saturated heterocycles. The summed E-state index contributed by atoms with van der Waals surface area (Å²) >= 11 is 0. The molecule has 0 bridgehead atoms. The summed E-state index contributed by atoms with van der Waals surface area (Å²) in [5, 5.41) is 3.43. The highest BCUT2D eigenvalue weighted by molar-refractivity contribution is 6.01. The van der Waals surface area contributed by atoms with Gasteiger partial charge < -0.3 is 10.2 Å². The molecule has 5 heteroatoms. The van der Waals surface area contributed by atoms with Crippen LogP contribution in [0, 0.1) is 0 Å². The molecule has 0 aromatic rings. The molecular weight excluding hydrogens is 230 g/mol. The number of nitrogens with one attached hydrogen (secondary N) is 1. The van der Waals surface area contributed by atoms with Gasteiger partial charge in [0, 0.05) is 19.6 Å². The van der Waals surface area contributed by atoms with Gasteiger partial charge in [-0.25, -0.2) is 4.79 Å². The van der Waals surface area contributed by atoms with Gasteiger partial charge in [0.15, 0.2) is 0 Å². The molecule has 0 radical (unpaired) electrons. The molecule has 1 rings (SSSR count). The highest BCUT2D eigenvalue weighted by atomic mass is 16.2. The number of nitrogens with zero attached hydrogens (tertiary/aromatic N) is 2. The standard InChI is InChI=1S/C13H25N3O2/c1-4-8-14-11(2)7-5-6-9-16-12(17)10-15(3)13(16)18/h11,14H,4-10H2,1-3H3. The van der Waals surface area contributed by atoms with Crippen LogP contribution in [-0.4, -0.2) is 54.5 Å². The first-order valence-electron chi connectivity index (χ1n) is 6.85. The Hall–Kier alpha value is -1.10. The molecule has 1 aliphatic heterocycles. The summed E-state index contributed by atoms with van der Waals surface area (Å²) in [6.45, 7) is 6.17. The summed E-state index contributed by atoms with van der Waals surface area (Å²) < 4.78 is 0. The van der Waals surface area contributed by atoms with E-state index in [1.54, 1.807) is 7.05 Å². The van der Waals surface area contributed by atoms with Crippen molar-refractivity contribution in [1.82, 2.24) is 15.1 Å². The maximum Gasteiger partial charge on any atom is 0.326 e. The molecule has 1 unspecified atom stereocenters. The van der Waals surface area contributed by atoms with Crippen molar-refractivity contribution >= 4 is 11.9 Å². The van der Waals surface area contributed by atoms with E-state index in [1.807, 2.05) is 0 Å². The van der Waals surface area contributed by atoms with Crippen LogP contribution in [0.4, 0.5) is 4.79 Å². The fraction of sp³-hybridized carbons (Fsp3) is 0.846. The molecule has 0 aliphatic carbocycles. The minimum absolute atomic E-state index is 0.0698. The predicted molar refractivity (Wildman–Crippen MR) is 71.3 cm³/mol. The van der Waals surface area contributed by atoms with Gasteiger partial charge in [-0.3, -0.25) is 9.69 Å². The molecule has 1 N–H and O–H groups in total. The smallest absolute Gasteiger partial charge is 0.318 e. The lowest BCUT2D eigenvalue weighted by Crippen LogP contribution is -2.32.